The average Bonchev–Trinajstić information content (AvgIpc) is 2.83. The summed E-state index contributed by atoms with van der Waals surface area (Å²) in [6, 6.07) is 12.4. The van der Waals surface area contributed by atoms with Crippen LogP contribution in [0, 0.1) is 11.7 Å². The lowest BCUT2D eigenvalue weighted by molar-refractivity contribution is -0.134. The van der Waals surface area contributed by atoms with Crippen molar-refractivity contribution in [2.24, 2.45) is 5.92 Å². The molecule has 2 aromatic rings. The summed E-state index contributed by atoms with van der Waals surface area (Å²) in [4.78, 5) is 29.2. The third kappa shape index (κ3) is 4.32. The SMILES string of the molecule is CC(C)[C@@H]1CN(C(=O)c2ccccc2O)CCC(=O)N1Cc1ccc(F)cc1. The molecule has 1 aliphatic rings. The fourth-order valence-corrected chi connectivity index (χ4v) is 3.55. The molecule has 0 spiro atoms. The molecular weight excluding hydrogens is 359 g/mol. The molecule has 5 nitrogen and oxygen atoms in total. The number of phenols is 1. The van der Waals surface area contributed by atoms with Crippen molar-refractivity contribution >= 4 is 11.8 Å². The number of amides is 2. The van der Waals surface area contributed by atoms with Crippen LogP contribution in [0.15, 0.2) is 48.5 Å². The molecule has 1 saturated heterocycles. The lowest BCUT2D eigenvalue weighted by atomic mass is 10.0. The number of hydrogen-bond acceptors (Lipinski definition) is 3. The second-order valence-corrected chi connectivity index (χ2v) is 7.48. The maximum absolute atomic E-state index is 13.2. The molecule has 1 aliphatic heterocycles. The van der Waals surface area contributed by atoms with Gasteiger partial charge in [-0.3, -0.25) is 9.59 Å². The van der Waals surface area contributed by atoms with E-state index in [4.69, 9.17) is 0 Å². The molecule has 1 fully saturated rings. The van der Waals surface area contributed by atoms with Crippen LogP contribution in [-0.2, 0) is 11.3 Å². The molecule has 0 bridgehead atoms. The maximum atomic E-state index is 13.2. The molecule has 1 atom stereocenters. The van der Waals surface area contributed by atoms with Crippen molar-refractivity contribution in [3.8, 4) is 5.75 Å². The zero-order valence-corrected chi connectivity index (χ0v) is 16.1. The number of aromatic hydroxyl groups is 1. The highest BCUT2D eigenvalue weighted by atomic mass is 19.1. The number of nitrogens with zero attached hydrogens (tertiary/aromatic N) is 2. The average molecular weight is 384 g/mol. The van der Waals surface area contributed by atoms with Crippen LogP contribution < -0.4 is 0 Å². The molecule has 0 radical (unpaired) electrons. The number of carbonyl (C=O) groups excluding carboxylic acids is 2. The number of benzene rings is 2. The molecule has 28 heavy (non-hydrogen) atoms. The molecule has 1 heterocycles. The fourth-order valence-electron chi connectivity index (χ4n) is 3.55. The molecule has 1 N–H and O–H groups in total. The van der Waals surface area contributed by atoms with Gasteiger partial charge in [0, 0.05) is 26.1 Å². The van der Waals surface area contributed by atoms with Crippen molar-refractivity contribution in [2.45, 2.75) is 32.9 Å². The Labute approximate surface area is 164 Å². The summed E-state index contributed by atoms with van der Waals surface area (Å²) >= 11 is 0. The first-order valence-corrected chi connectivity index (χ1v) is 9.48. The van der Waals surface area contributed by atoms with Crippen LogP contribution in [-0.4, -0.2) is 45.9 Å². The minimum absolute atomic E-state index is 0.0318. The van der Waals surface area contributed by atoms with Gasteiger partial charge in [-0.2, -0.15) is 0 Å². The van der Waals surface area contributed by atoms with Crippen molar-refractivity contribution in [2.75, 3.05) is 13.1 Å². The van der Waals surface area contributed by atoms with E-state index in [1.807, 2.05) is 13.8 Å². The van der Waals surface area contributed by atoms with E-state index in [1.54, 1.807) is 40.1 Å². The highest BCUT2D eigenvalue weighted by molar-refractivity contribution is 5.97. The molecule has 0 aromatic heterocycles. The van der Waals surface area contributed by atoms with E-state index in [0.717, 1.165) is 5.56 Å². The van der Waals surface area contributed by atoms with Gasteiger partial charge in [-0.25, -0.2) is 4.39 Å². The van der Waals surface area contributed by atoms with Crippen molar-refractivity contribution in [1.82, 2.24) is 9.80 Å². The van der Waals surface area contributed by atoms with Crippen LogP contribution >= 0.6 is 0 Å². The second kappa shape index (κ2) is 8.42. The van der Waals surface area contributed by atoms with Gasteiger partial charge < -0.3 is 14.9 Å². The van der Waals surface area contributed by atoms with Gasteiger partial charge >= 0.3 is 0 Å². The van der Waals surface area contributed by atoms with E-state index >= 15 is 0 Å². The molecule has 0 aliphatic carbocycles. The van der Waals surface area contributed by atoms with E-state index < -0.39 is 0 Å². The first-order valence-electron chi connectivity index (χ1n) is 9.48. The first kappa shape index (κ1) is 19.9. The Morgan fingerprint density at radius 3 is 2.50 bits per heavy atom. The summed E-state index contributed by atoms with van der Waals surface area (Å²) in [5.41, 5.74) is 1.09. The molecule has 2 aromatic carbocycles. The van der Waals surface area contributed by atoms with E-state index in [0.29, 0.717) is 19.6 Å². The Balaban J connectivity index is 1.84. The summed E-state index contributed by atoms with van der Waals surface area (Å²) in [6.07, 6.45) is 0.212. The van der Waals surface area contributed by atoms with Gasteiger partial charge in [0.25, 0.3) is 5.91 Å². The van der Waals surface area contributed by atoms with Crippen LogP contribution in [0.2, 0.25) is 0 Å². The third-order valence-electron chi connectivity index (χ3n) is 5.18. The van der Waals surface area contributed by atoms with Gasteiger partial charge in [0.15, 0.2) is 0 Å². The quantitative estimate of drug-likeness (QED) is 0.879. The first-order chi connectivity index (χ1) is 13.4. The lowest BCUT2D eigenvalue weighted by Gasteiger charge is -2.34. The van der Waals surface area contributed by atoms with Crippen LogP contribution in [0.5, 0.6) is 5.75 Å². The zero-order valence-electron chi connectivity index (χ0n) is 16.1. The van der Waals surface area contributed by atoms with E-state index in [2.05, 4.69) is 0 Å². The Morgan fingerprint density at radius 2 is 1.86 bits per heavy atom. The zero-order chi connectivity index (χ0) is 20.3. The highest BCUT2D eigenvalue weighted by Crippen LogP contribution is 2.24. The number of phenolic OH excluding ortho intramolecular Hbond substituents is 1. The molecule has 0 unspecified atom stereocenters. The molecule has 3 rings (SSSR count). The Hall–Kier alpha value is -2.89. The monoisotopic (exact) mass is 384 g/mol. The van der Waals surface area contributed by atoms with Crippen LogP contribution in [0.1, 0.15) is 36.2 Å². The highest BCUT2D eigenvalue weighted by Gasteiger charge is 2.34. The van der Waals surface area contributed by atoms with Gasteiger partial charge in [-0.1, -0.05) is 38.1 Å². The standard InChI is InChI=1S/C22H25FN2O3/c1-15(2)19-14-24(22(28)18-5-3-4-6-20(18)26)12-11-21(27)25(19)13-16-7-9-17(23)10-8-16/h3-10,15,19,26H,11-14H2,1-2H3/t19-/m0/s1. The molecule has 148 valence electrons. The minimum Gasteiger partial charge on any atom is -0.507 e. The molecule has 0 saturated carbocycles. The smallest absolute Gasteiger partial charge is 0.257 e. The Kier molecular flexibility index (Phi) is 5.97. The second-order valence-electron chi connectivity index (χ2n) is 7.48. The normalized spacial score (nSPS) is 17.7. The van der Waals surface area contributed by atoms with Gasteiger partial charge in [0.2, 0.25) is 5.91 Å². The predicted molar refractivity (Wildman–Crippen MR) is 104 cm³/mol. The fraction of sp³-hybridized carbons (Fsp3) is 0.364. The number of halogens is 1. The maximum Gasteiger partial charge on any atom is 0.257 e. The number of hydrogen-bond donors (Lipinski definition) is 1. The molecule has 6 heteroatoms. The molecule has 2 amide bonds. The summed E-state index contributed by atoms with van der Waals surface area (Å²) < 4.78 is 13.2. The summed E-state index contributed by atoms with van der Waals surface area (Å²) in [5.74, 6) is -0.559. The van der Waals surface area contributed by atoms with Gasteiger partial charge in [0.05, 0.1) is 11.6 Å². The third-order valence-corrected chi connectivity index (χ3v) is 5.18. The van der Waals surface area contributed by atoms with E-state index in [9.17, 15) is 19.1 Å². The Bertz CT molecular complexity index is 851. The van der Waals surface area contributed by atoms with Gasteiger partial charge in [0.1, 0.15) is 11.6 Å². The summed E-state index contributed by atoms with van der Waals surface area (Å²) in [7, 11) is 0. The summed E-state index contributed by atoms with van der Waals surface area (Å²) in [5, 5.41) is 10.0. The Morgan fingerprint density at radius 1 is 1.18 bits per heavy atom. The van der Waals surface area contributed by atoms with Crippen LogP contribution in [0.3, 0.4) is 0 Å². The van der Waals surface area contributed by atoms with E-state index in [1.165, 1.54) is 18.2 Å². The van der Waals surface area contributed by atoms with Crippen LogP contribution in [0.4, 0.5) is 4.39 Å². The number of carbonyl (C=O) groups is 2. The van der Waals surface area contributed by atoms with Gasteiger partial charge in [-0.15, -0.1) is 0 Å². The molecular formula is C22H25FN2O3. The van der Waals surface area contributed by atoms with Crippen molar-refractivity contribution < 1.29 is 19.1 Å². The van der Waals surface area contributed by atoms with Crippen molar-refractivity contribution in [1.29, 1.82) is 0 Å². The lowest BCUT2D eigenvalue weighted by Crippen LogP contribution is -2.47. The van der Waals surface area contributed by atoms with Crippen LogP contribution in [0.25, 0.3) is 0 Å². The number of rotatable bonds is 4. The topological polar surface area (TPSA) is 60.9 Å². The van der Waals surface area contributed by atoms with Crippen molar-refractivity contribution in [3.05, 3.63) is 65.5 Å². The minimum atomic E-state index is -0.314. The van der Waals surface area contributed by atoms with Gasteiger partial charge in [-0.05, 0) is 35.7 Å². The largest absolute Gasteiger partial charge is 0.507 e. The summed E-state index contributed by atoms with van der Waals surface area (Å²) in [6.45, 7) is 5.10. The predicted octanol–water partition coefficient (Wildman–Crippen LogP) is 3.43. The number of para-hydroxylation sites is 1. The van der Waals surface area contributed by atoms with Crippen molar-refractivity contribution in [3.63, 3.8) is 0 Å². The van der Waals surface area contributed by atoms with E-state index in [-0.39, 0.29) is 47.3 Å².